The summed E-state index contributed by atoms with van der Waals surface area (Å²) in [5.41, 5.74) is 5.60. The Balaban J connectivity index is 3.19. The molecule has 0 aliphatic rings. The van der Waals surface area contributed by atoms with Crippen LogP contribution in [0.3, 0.4) is 0 Å². The summed E-state index contributed by atoms with van der Waals surface area (Å²) < 4.78 is 0. The van der Waals surface area contributed by atoms with Gasteiger partial charge in [0.15, 0.2) is 0 Å². The third-order valence-electron chi connectivity index (χ3n) is 2.42. The second-order valence-electron chi connectivity index (χ2n) is 4.28. The summed E-state index contributed by atoms with van der Waals surface area (Å²) in [5.74, 6) is 0.173. The van der Waals surface area contributed by atoms with Crippen LogP contribution in [0, 0.1) is 0 Å². The quantitative estimate of drug-likeness (QED) is 0.578. The van der Waals surface area contributed by atoms with Gasteiger partial charge in [0.05, 0.1) is 0 Å². The van der Waals surface area contributed by atoms with Gasteiger partial charge >= 0.3 is 0 Å². The van der Waals surface area contributed by atoms with E-state index in [0.29, 0.717) is 6.42 Å². The average Bonchev–Trinajstić information content (AvgIpc) is 2.17. The van der Waals surface area contributed by atoms with Crippen molar-refractivity contribution < 1.29 is 4.79 Å². The van der Waals surface area contributed by atoms with Gasteiger partial charge in [-0.15, -0.1) is 0 Å². The molecular formula is C12H26N2O. The van der Waals surface area contributed by atoms with Crippen molar-refractivity contribution in [3.8, 4) is 0 Å². The summed E-state index contributed by atoms with van der Waals surface area (Å²) in [7, 11) is 0. The van der Waals surface area contributed by atoms with Crippen LogP contribution in [0.25, 0.3) is 0 Å². The van der Waals surface area contributed by atoms with Crippen LogP contribution in [-0.2, 0) is 4.79 Å². The maximum Gasteiger partial charge on any atom is 0.219 e. The molecule has 0 aromatic heterocycles. The lowest BCUT2D eigenvalue weighted by Crippen LogP contribution is -2.24. The lowest BCUT2D eigenvalue weighted by molar-refractivity contribution is -0.121. The first kappa shape index (κ1) is 14.4. The minimum Gasteiger partial charge on any atom is -0.356 e. The molecule has 0 bridgehead atoms. The summed E-state index contributed by atoms with van der Waals surface area (Å²) >= 11 is 0. The van der Waals surface area contributed by atoms with Gasteiger partial charge in [-0.25, -0.2) is 0 Å². The minimum absolute atomic E-state index is 0.173. The second-order valence-corrected chi connectivity index (χ2v) is 4.28. The molecule has 0 aromatic carbocycles. The zero-order valence-electron chi connectivity index (χ0n) is 10.2. The molecule has 0 spiro atoms. The topological polar surface area (TPSA) is 55.1 Å². The third kappa shape index (κ3) is 11.4. The molecule has 0 heterocycles. The van der Waals surface area contributed by atoms with Crippen LogP contribution in [0.15, 0.2) is 0 Å². The van der Waals surface area contributed by atoms with Crippen molar-refractivity contribution in [1.29, 1.82) is 0 Å². The highest BCUT2D eigenvalue weighted by molar-refractivity contribution is 5.75. The normalized spacial score (nSPS) is 12.5. The van der Waals surface area contributed by atoms with Crippen LogP contribution in [0.5, 0.6) is 0 Å². The summed E-state index contributed by atoms with van der Waals surface area (Å²) in [4.78, 5) is 11.3. The summed E-state index contributed by atoms with van der Waals surface area (Å²) in [6, 6.07) is 0.211. The van der Waals surface area contributed by atoms with Gasteiger partial charge in [0.1, 0.15) is 0 Å². The van der Waals surface area contributed by atoms with E-state index < -0.39 is 0 Å². The molecule has 0 aromatic rings. The smallest absolute Gasteiger partial charge is 0.219 e. The summed E-state index contributed by atoms with van der Waals surface area (Å²) in [5, 5.41) is 2.94. The van der Waals surface area contributed by atoms with Crippen LogP contribution in [0.4, 0.5) is 0 Å². The molecule has 3 heteroatoms. The fraction of sp³-hybridized carbons (Fsp3) is 0.917. The summed E-state index contributed by atoms with van der Waals surface area (Å²) in [6.07, 6.45) is 7.28. The average molecular weight is 214 g/mol. The van der Waals surface area contributed by atoms with E-state index in [1.54, 1.807) is 0 Å². The van der Waals surface area contributed by atoms with E-state index in [0.717, 1.165) is 25.8 Å². The number of nitrogens with one attached hydrogen (secondary N) is 1. The Kier molecular flexibility index (Phi) is 9.59. The van der Waals surface area contributed by atoms with Gasteiger partial charge in [-0.1, -0.05) is 26.2 Å². The van der Waals surface area contributed by atoms with Gasteiger partial charge in [0.2, 0.25) is 5.91 Å². The van der Waals surface area contributed by atoms with E-state index >= 15 is 0 Å². The number of carbonyl (C=O) groups excluding carboxylic acids is 1. The number of nitrogens with two attached hydrogens (primary N) is 1. The van der Waals surface area contributed by atoms with E-state index in [9.17, 15) is 4.79 Å². The van der Waals surface area contributed by atoms with E-state index in [1.807, 2.05) is 6.92 Å². The largest absolute Gasteiger partial charge is 0.356 e. The molecule has 0 fully saturated rings. The molecule has 0 radical (unpaired) electrons. The van der Waals surface area contributed by atoms with Gasteiger partial charge in [0.25, 0.3) is 0 Å². The van der Waals surface area contributed by atoms with Crippen LogP contribution in [-0.4, -0.2) is 18.5 Å². The van der Waals surface area contributed by atoms with Crippen molar-refractivity contribution >= 4 is 5.91 Å². The second kappa shape index (κ2) is 9.97. The Morgan fingerprint density at radius 1 is 1.27 bits per heavy atom. The number of amides is 1. The summed E-state index contributed by atoms with van der Waals surface area (Å²) in [6.45, 7) is 4.99. The molecule has 0 aliphatic heterocycles. The van der Waals surface area contributed by atoms with Crippen molar-refractivity contribution in [2.75, 3.05) is 6.54 Å². The van der Waals surface area contributed by atoms with Crippen molar-refractivity contribution in [3.05, 3.63) is 0 Å². The number of hydrogen-bond acceptors (Lipinski definition) is 2. The van der Waals surface area contributed by atoms with Crippen LogP contribution < -0.4 is 11.1 Å². The Bertz CT molecular complexity index is 158. The van der Waals surface area contributed by atoms with Crippen molar-refractivity contribution in [2.24, 2.45) is 5.73 Å². The molecule has 90 valence electrons. The maximum absolute atomic E-state index is 11.3. The lowest BCUT2D eigenvalue weighted by Gasteiger charge is -2.06. The Hall–Kier alpha value is -0.570. The number of unbranched alkanes of at least 4 members (excludes halogenated alkanes) is 3. The van der Waals surface area contributed by atoms with Crippen molar-refractivity contribution in [2.45, 2.75) is 64.8 Å². The van der Waals surface area contributed by atoms with Gasteiger partial charge in [-0.05, 0) is 26.2 Å². The number of rotatable bonds is 9. The first-order valence-electron chi connectivity index (χ1n) is 6.19. The van der Waals surface area contributed by atoms with E-state index in [-0.39, 0.29) is 11.9 Å². The SMILES string of the molecule is CCCCCCNC(=O)CCCC(C)N. The van der Waals surface area contributed by atoms with Crippen LogP contribution in [0.1, 0.15) is 58.8 Å². The Morgan fingerprint density at radius 2 is 2.00 bits per heavy atom. The molecule has 3 nitrogen and oxygen atoms in total. The standard InChI is InChI=1S/C12H26N2O/c1-3-4-5-6-10-14-12(15)9-7-8-11(2)13/h11H,3-10,13H2,1-2H3,(H,14,15). The minimum atomic E-state index is 0.173. The molecule has 3 N–H and O–H groups in total. The highest BCUT2D eigenvalue weighted by atomic mass is 16.1. The number of hydrogen-bond donors (Lipinski definition) is 2. The molecule has 0 saturated carbocycles. The first-order chi connectivity index (χ1) is 7.16. The molecule has 1 amide bonds. The third-order valence-corrected chi connectivity index (χ3v) is 2.42. The molecular weight excluding hydrogens is 188 g/mol. The van der Waals surface area contributed by atoms with Gasteiger partial charge < -0.3 is 11.1 Å². The zero-order valence-corrected chi connectivity index (χ0v) is 10.2. The monoisotopic (exact) mass is 214 g/mol. The number of carbonyl (C=O) groups is 1. The van der Waals surface area contributed by atoms with Crippen LogP contribution >= 0.6 is 0 Å². The zero-order chi connectivity index (χ0) is 11.5. The fourth-order valence-corrected chi connectivity index (χ4v) is 1.45. The molecule has 0 aliphatic carbocycles. The predicted octanol–water partition coefficient (Wildman–Crippen LogP) is 2.20. The van der Waals surface area contributed by atoms with Gasteiger partial charge in [0, 0.05) is 19.0 Å². The molecule has 15 heavy (non-hydrogen) atoms. The van der Waals surface area contributed by atoms with Crippen molar-refractivity contribution in [1.82, 2.24) is 5.32 Å². The predicted molar refractivity (Wildman–Crippen MR) is 64.7 cm³/mol. The van der Waals surface area contributed by atoms with E-state index in [1.165, 1.54) is 19.3 Å². The highest BCUT2D eigenvalue weighted by Crippen LogP contribution is 1.99. The van der Waals surface area contributed by atoms with Gasteiger partial charge in [-0.3, -0.25) is 4.79 Å². The van der Waals surface area contributed by atoms with Gasteiger partial charge in [-0.2, -0.15) is 0 Å². The maximum atomic E-state index is 11.3. The van der Waals surface area contributed by atoms with E-state index in [4.69, 9.17) is 5.73 Å². The van der Waals surface area contributed by atoms with E-state index in [2.05, 4.69) is 12.2 Å². The highest BCUT2D eigenvalue weighted by Gasteiger charge is 2.01. The van der Waals surface area contributed by atoms with Crippen LogP contribution in [0.2, 0.25) is 0 Å². The Morgan fingerprint density at radius 3 is 2.60 bits per heavy atom. The Labute approximate surface area is 93.8 Å². The molecule has 1 atom stereocenters. The molecule has 0 rings (SSSR count). The fourth-order valence-electron chi connectivity index (χ4n) is 1.45. The lowest BCUT2D eigenvalue weighted by atomic mass is 10.1. The molecule has 0 saturated heterocycles. The molecule has 1 unspecified atom stereocenters. The van der Waals surface area contributed by atoms with Crippen molar-refractivity contribution in [3.63, 3.8) is 0 Å². The first-order valence-corrected chi connectivity index (χ1v) is 6.19.